The van der Waals surface area contributed by atoms with E-state index in [0.29, 0.717) is 6.47 Å². The minimum atomic E-state index is -0.328. The summed E-state index contributed by atoms with van der Waals surface area (Å²) in [6, 6.07) is 8.45. The topological polar surface area (TPSA) is 85.5 Å². The lowest BCUT2D eigenvalue weighted by Crippen LogP contribution is -2.41. The molecule has 2 aromatic rings. The van der Waals surface area contributed by atoms with Gasteiger partial charge < -0.3 is 24.3 Å². The second-order valence-electron chi connectivity index (χ2n) is 9.73. The highest BCUT2D eigenvalue weighted by molar-refractivity contribution is 6.62. The molecule has 1 aliphatic rings. The van der Waals surface area contributed by atoms with Crippen molar-refractivity contribution in [3.8, 4) is 11.3 Å². The van der Waals surface area contributed by atoms with Crippen LogP contribution >= 0.6 is 0 Å². The van der Waals surface area contributed by atoms with Gasteiger partial charge in [-0.15, -0.1) is 0 Å². The van der Waals surface area contributed by atoms with E-state index in [1.54, 1.807) is 0 Å². The Morgan fingerprint density at radius 3 is 2.10 bits per heavy atom. The Kier molecular flexibility index (Phi) is 7.73. The van der Waals surface area contributed by atoms with Crippen LogP contribution in [0.1, 0.15) is 67.3 Å². The molecule has 0 spiro atoms. The van der Waals surface area contributed by atoms with E-state index in [1.807, 2.05) is 34.0 Å². The van der Waals surface area contributed by atoms with Crippen molar-refractivity contribution in [1.29, 1.82) is 0 Å². The summed E-state index contributed by atoms with van der Waals surface area (Å²) < 4.78 is 16.7. The minimum Gasteiger partial charge on any atom is -0.462 e. The number of ether oxygens (including phenoxy) is 1. The molecule has 1 fully saturated rings. The molecule has 0 amide bonds. The van der Waals surface area contributed by atoms with E-state index in [0.717, 1.165) is 22.5 Å². The van der Waals surface area contributed by atoms with Crippen molar-refractivity contribution < 1.29 is 18.8 Å². The zero-order valence-electron chi connectivity index (χ0n) is 20.2. The Labute approximate surface area is 186 Å². The van der Waals surface area contributed by atoms with E-state index in [2.05, 4.69) is 78.9 Å². The SMILES string of the molecule is CC(C)(C)OC=O.CN[C@@H](C)c1ncc(-c2ccc(B3OC(C)(C)C(C)(C)O3)cc2)[nH]1. The maximum atomic E-state index is 9.60. The molecule has 170 valence electrons. The smallest absolute Gasteiger partial charge is 0.462 e. The minimum absolute atomic E-state index is 0.197. The number of imidazole rings is 1. The fourth-order valence-corrected chi connectivity index (χ4v) is 2.78. The summed E-state index contributed by atoms with van der Waals surface area (Å²) in [4.78, 5) is 17.4. The predicted molar refractivity (Wildman–Crippen MR) is 124 cm³/mol. The van der Waals surface area contributed by atoms with Gasteiger partial charge in [0, 0.05) is 0 Å². The van der Waals surface area contributed by atoms with Gasteiger partial charge >= 0.3 is 7.12 Å². The van der Waals surface area contributed by atoms with E-state index in [-0.39, 0.29) is 30.0 Å². The third-order valence-corrected chi connectivity index (χ3v) is 5.59. The Morgan fingerprint density at radius 1 is 1.13 bits per heavy atom. The van der Waals surface area contributed by atoms with E-state index < -0.39 is 0 Å². The zero-order chi connectivity index (χ0) is 23.4. The Bertz CT molecular complexity index is 840. The van der Waals surface area contributed by atoms with Crippen LogP contribution in [0, 0.1) is 0 Å². The highest BCUT2D eigenvalue weighted by atomic mass is 16.7. The number of nitrogens with one attached hydrogen (secondary N) is 2. The maximum Gasteiger partial charge on any atom is 0.494 e. The number of aromatic nitrogens is 2. The number of H-pyrrole nitrogens is 1. The first-order chi connectivity index (χ1) is 14.3. The average Bonchev–Trinajstić information content (AvgIpc) is 3.23. The van der Waals surface area contributed by atoms with Gasteiger partial charge in [-0.3, -0.25) is 4.79 Å². The number of carbonyl (C=O) groups excluding carboxylic acids is 1. The quantitative estimate of drug-likeness (QED) is 0.558. The van der Waals surface area contributed by atoms with Gasteiger partial charge in [0.15, 0.2) is 0 Å². The molecule has 1 aromatic heterocycles. The van der Waals surface area contributed by atoms with Crippen LogP contribution < -0.4 is 10.8 Å². The van der Waals surface area contributed by atoms with Crippen molar-refractivity contribution in [3.05, 3.63) is 36.3 Å². The number of carbonyl (C=O) groups is 1. The number of hydrogen-bond acceptors (Lipinski definition) is 6. The van der Waals surface area contributed by atoms with Gasteiger partial charge in [0.1, 0.15) is 11.4 Å². The molecule has 31 heavy (non-hydrogen) atoms. The molecule has 0 bridgehead atoms. The van der Waals surface area contributed by atoms with Crippen molar-refractivity contribution in [3.63, 3.8) is 0 Å². The number of rotatable bonds is 5. The molecule has 0 radical (unpaired) electrons. The van der Waals surface area contributed by atoms with Crippen molar-refractivity contribution in [2.75, 3.05) is 7.05 Å². The van der Waals surface area contributed by atoms with Crippen LogP contribution in [-0.2, 0) is 18.8 Å². The zero-order valence-corrected chi connectivity index (χ0v) is 20.2. The normalized spacial score (nSPS) is 18.2. The average molecular weight is 429 g/mol. The summed E-state index contributed by atoms with van der Waals surface area (Å²) in [5, 5.41) is 3.18. The first-order valence-corrected chi connectivity index (χ1v) is 10.6. The first-order valence-electron chi connectivity index (χ1n) is 10.6. The largest absolute Gasteiger partial charge is 0.494 e. The Morgan fingerprint density at radius 2 is 1.68 bits per heavy atom. The highest BCUT2D eigenvalue weighted by Crippen LogP contribution is 2.36. The lowest BCUT2D eigenvalue weighted by Gasteiger charge is -2.32. The summed E-state index contributed by atoms with van der Waals surface area (Å²) in [6.45, 7) is 16.3. The molecule has 0 aliphatic carbocycles. The van der Waals surface area contributed by atoms with E-state index in [1.165, 1.54) is 0 Å². The van der Waals surface area contributed by atoms with Crippen LogP contribution in [0.5, 0.6) is 0 Å². The highest BCUT2D eigenvalue weighted by Gasteiger charge is 2.51. The lowest BCUT2D eigenvalue weighted by atomic mass is 9.79. The summed E-state index contributed by atoms with van der Waals surface area (Å²) in [6.07, 6.45) is 1.87. The van der Waals surface area contributed by atoms with Crippen LogP contribution in [0.3, 0.4) is 0 Å². The standard InChI is InChI=1S/C18H26BN3O2.C5H10O2/c1-12(20-6)16-21-11-15(22-16)13-7-9-14(10-8-13)19-23-17(2,3)18(4,5)24-19;1-5(2,3)7-4-6/h7-12,20H,1-6H3,(H,21,22);4H,1-3H3/t12-;/m0./s1. The first kappa shape index (κ1) is 25.1. The fraction of sp³-hybridized carbons (Fsp3) is 0.565. The molecule has 1 saturated heterocycles. The molecule has 3 rings (SSSR count). The maximum absolute atomic E-state index is 9.60. The van der Waals surface area contributed by atoms with Gasteiger partial charge in [-0.1, -0.05) is 24.3 Å². The van der Waals surface area contributed by atoms with Crippen LogP contribution in [0.25, 0.3) is 11.3 Å². The molecule has 1 atom stereocenters. The number of aromatic amines is 1. The molecule has 2 N–H and O–H groups in total. The fourth-order valence-electron chi connectivity index (χ4n) is 2.78. The van der Waals surface area contributed by atoms with E-state index in [9.17, 15) is 4.79 Å². The molecule has 7 nitrogen and oxygen atoms in total. The number of hydrogen-bond donors (Lipinski definition) is 2. The van der Waals surface area contributed by atoms with Crippen LogP contribution in [0.15, 0.2) is 30.5 Å². The third-order valence-electron chi connectivity index (χ3n) is 5.59. The molecule has 0 saturated carbocycles. The van der Waals surface area contributed by atoms with Crippen molar-refractivity contribution in [2.24, 2.45) is 0 Å². The molecular formula is C23H36BN3O4. The van der Waals surface area contributed by atoms with Crippen LogP contribution in [0.4, 0.5) is 0 Å². The summed E-state index contributed by atoms with van der Waals surface area (Å²) in [5.41, 5.74) is 2.17. The molecule has 1 aliphatic heterocycles. The van der Waals surface area contributed by atoms with Crippen LogP contribution in [-0.4, -0.2) is 47.4 Å². The van der Waals surface area contributed by atoms with Crippen molar-refractivity contribution in [2.45, 2.75) is 78.2 Å². The van der Waals surface area contributed by atoms with Crippen molar-refractivity contribution >= 4 is 19.1 Å². The summed E-state index contributed by atoms with van der Waals surface area (Å²) in [5.74, 6) is 0.933. The van der Waals surface area contributed by atoms with Gasteiger partial charge in [0.05, 0.1) is 29.1 Å². The Hall–Kier alpha value is -2.16. The number of benzene rings is 1. The summed E-state index contributed by atoms with van der Waals surface area (Å²) >= 11 is 0. The van der Waals surface area contributed by atoms with Crippen molar-refractivity contribution in [1.82, 2.24) is 15.3 Å². The second-order valence-corrected chi connectivity index (χ2v) is 9.73. The monoisotopic (exact) mass is 429 g/mol. The van der Waals surface area contributed by atoms with Gasteiger partial charge in [0.2, 0.25) is 0 Å². The van der Waals surface area contributed by atoms with Gasteiger partial charge in [-0.2, -0.15) is 0 Å². The Balaban J connectivity index is 0.000000423. The number of nitrogens with zero attached hydrogens (tertiary/aromatic N) is 1. The molecule has 8 heteroatoms. The molecular weight excluding hydrogens is 393 g/mol. The van der Waals surface area contributed by atoms with Gasteiger partial charge in [-0.25, -0.2) is 4.98 Å². The van der Waals surface area contributed by atoms with E-state index >= 15 is 0 Å². The summed E-state index contributed by atoms with van der Waals surface area (Å²) in [7, 11) is 1.59. The molecule has 2 heterocycles. The second kappa shape index (κ2) is 9.55. The molecule has 0 unspecified atom stereocenters. The van der Waals surface area contributed by atoms with Gasteiger partial charge in [-0.05, 0) is 73.5 Å². The van der Waals surface area contributed by atoms with Crippen LogP contribution in [0.2, 0.25) is 0 Å². The van der Waals surface area contributed by atoms with Gasteiger partial charge in [0.25, 0.3) is 6.47 Å². The van der Waals surface area contributed by atoms with E-state index in [4.69, 9.17) is 9.31 Å². The predicted octanol–water partition coefficient (Wildman–Crippen LogP) is 3.61. The lowest BCUT2D eigenvalue weighted by molar-refractivity contribution is -0.138. The third kappa shape index (κ3) is 6.42. The molecule has 1 aromatic carbocycles.